The summed E-state index contributed by atoms with van der Waals surface area (Å²) in [5.74, 6) is 0.459. The summed E-state index contributed by atoms with van der Waals surface area (Å²) in [5, 5.41) is 10.1. The van der Waals surface area contributed by atoms with Gasteiger partial charge in [0.2, 0.25) is 0 Å². The number of carbonyl (C=O) groups is 1. The molecule has 8 heteroatoms. The van der Waals surface area contributed by atoms with Gasteiger partial charge in [0.05, 0.1) is 28.8 Å². The number of rotatable bonds is 6. The molecule has 0 atom stereocenters. The van der Waals surface area contributed by atoms with Crippen LogP contribution in [0.1, 0.15) is 28.5 Å². The largest absolute Gasteiger partial charge is 0.477 e. The number of aryl methyl sites for hydroxylation is 1. The van der Waals surface area contributed by atoms with Crippen molar-refractivity contribution < 1.29 is 19.4 Å². The van der Waals surface area contributed by atoms with Crippen molar-refractivity contribution in [1.82, 2.24) is 14.4 Å². The minimum Gasteiger partial charge on any atom is -0.477 e. The number of ether oxygens (including phenoxy) is 2. The van der Waals surface area contributed by atoms with Gasteiger partial charge in [0.15, 0.2) is 0 Å². The van der Waals surface area contributed by atoms with Crippen molar-refractivity contribution in [3.05, 3.63) is 27.4 Å². The van der Waals surface area contributed by atoms with E-state index in [1.165, 1.54) is 0 Å². The molecule has 7 nitrogen and oxygen atoms in total. The van der Waals surface area contributed by atoms with E-state index in [0.717, 1.165) is 32.4 Å². The van der Waals surface area contributed by atoms with Crippen molar-refractivity contribution in [3.63, 3.8) is 0 Å². The van der Waals surface area contributed by atoms with Gasteiger partial charge in [-0.1, -0.05) is 0 Å². The second-order valence-electron chi connectivity index (χ2n) is 6.91. The first-order valence-corrected chi connectivity index (χ1v) is 9.78. The van der Waals surface area contributed by atoms with Gasteiger partial charge in [0.25, 0.3) is 0 Å². The Morgan fingerprint density at radius 2 is 2.19 bits per heavy atom. The zero-order valence-corrected chi connectivity index (χ0v) is 17.8. The summed E-state index contributed by atoms with van der Waals surface area (Å²) in [6.45, 7) is 4.44. The number of benzene rings is 1. The average Bonchev–Trinajstić information content (AvgIpc) is 2.88. The van der Waals surface area contributed by atoms with E-state index in [-0.39, 0.29) is 12.6 Å². The van der Waals surface area contributed by atoms with E-state index in [1.54, 1.807) is 0 Å². The normalized spacial score (nSPS) is 14.5. The van der Waals surface area contributed by atoms with Crippen LogP contribution in [0, 0.1) is 0 Å². The van der Waals surface area contributed by atoms with Gasteiger partial charge in [-0.05, 0) is 43.0 Å². The van der Waals surface area contributed by atoms with Crippen molar-refractivity contribution in [1.29, 1.82) is 0 Å². The Morgan fingerprint density at radius 3 is 2.85 bits per heavy atom. The fourth-order valence-corrected chi connectivity index (χ4v) is 4.15. The molecule has 1 aliphatic heterocycles. The molecule has 0 aliphatic carbocycles. The highest BCUT2D eigenvalue weighted by Crippen LogP contribution is 2.42. The Labute approximate surface area is 167 Å². The SMILES string of the molecule is CCOC(=O)c1c(CN(C)CCO)n(C)c2cc(Br)c3c(c12)CN(C)CO3. The van der Waals surface area contributed by atoms with Crippen LogP contribution in [-0.2, 0) is 24.9 Å². The fraction of sp³-hybridized carbons (Fsp3) is 0.526. The predicted molar refractivity (Wildman–Crippen MR) is 107 cm³/mol. The van der Waals surface area contributed by atoms with Crippen LogP contribution in [0.5, 0.6) is 5.75 Å². The lowest BCUT2D eigenvalue weighted by Gasteiger charge is -2.27. The Hall–Kier alpha value is -1.61. The zero-order valence-electron chi connectivity index (χ0n) is 16.2. The summed E-state index contributed by atoms with van der Waals surface area (Å²) < 4.78 is 14.2. The first kappa shape index (κ1) is 20.1. The van der Waals surface area contributed by atoms with Gasteiger partial charge in [-0.15, -0.1) is 0 Å². The van der Waals surface area contributed by atoms with Crippen molar-refractivity contribution >= 4 is 32.8 Å². The number of hydrogen-bond donors (Lipinski definition) is 1. The van der Waals surface area contributed by atoms with Gasteiger partial charge in [-0.3, -0.25) is 9.80 Å². The van der Waals surface area contributed by atoms with Gasteiger partial charge in [0, 0.05) is 43.3 Å². The molecule has 3 rings (SSSR count). The van der Waals surface area contributed by atoms with Crippen LogP contribution in [0.25, 0.3) is 10.9 Å². The van der Waals surface area contributed by atoms with E-state index in [9.17, 15) is 9.90 Å². The highest BCUT2D eigenvalue weighted by molar-refractivity contribution is 9.10. The molecule has 0 amide bonds. The second kappa shape index (κ2) is 8.18. The number of hydrogen-bond acceptors (Lipinski definition) is 6. The van der Waals surface area contributed by atoms with Crippen LogP contribution in [0.4, 0.5) is 0 Å². The molecule has 1 aromatic heterocycles. The summed E-state index contributed by atoms with van der Waals surface area (Å²) in [6.07, 6.45) is 0. The van der Waals surface area contributed by atoms with Gasteiger partial charge >= 0.3 is 5.97 Å². The van der Waals surface area contributed by atoms with Crippen molar-refractivity contribution in [3.8, 4) is 5.75 Å². The minimum absolute atomic E-state index is 0.0642. The summed E-state index contributed by atoms with van der Waals surface area (Å²) in [6, 6.07) is 2.00. The maximum Gasteiger partial charge on any atom is 0.340 e. The molecular weight excluding hydrogens is 414 g/mol. The molecule has 148 valence electrons. The van der Waals surface area contributed by atoms with E-state index >= 15 is 0 Å². The molecule has 1 aromatic carbocycles. The van der Waals surface area contributed by atoms with E-state index in [2.05, 4.69) is 20.8 Å². The topological polar surface area (TPSA) is 67.2 Å². The maximum absolute atomic E-state index is 12.9. The lowest BCUT2D eigenvalue weighted by molar-refractivity contribution is 0.0525. The molecule has 0 bridgehead atoms. The van der Waals surface area contributed by atoms with E-state index < -0.39 is 0 Å². The third kappa shape index (κ3) is 3.71. The fourth-order valence-electron chi connectivity index (χ4n) is 3.58. The Morgan fingerprint density at radius 1 is 1.44 bits per heavy atom. The minimum atomic E-state index is -0.326. The molecule has 0 fully saturated rings. The predicted octanol–water partition coefficient (Wildman–Crippen LogP) is 2.32. The molecule has 0 unspecified atom stereocenters. The van der Waals surface area contributed by atoms with Gasteiger partial charge in [-0.25, -0.2) is 4.79 Å². The van der Waals surface area contributed by atoms with E-state index in [4.69, 9.17) is 9.47 Å². The Kier molecular flexibility index (Phi) is 6.10. The maximum atomic E-state index is 12.9. The highest BCUT2D eigenvalue weighted by Gasteiger charge is 2.30. The molecule has 0 saturated heterocycles. The molecule has 0 radical (unpaired) electrons. The van der Waals surface area contributed by atoms with Crippen LogP contribution in [0.15, 0.2) is 10.5 Å². The number of aliphatic hydroxyl groups is 1. The number of fused-ring (bicyclic) bond motifs is 3. The molecule has 1 N–H and O–H groups in total. The van der Waals surface area contributed by atoms with Gasteiger partial charge in [-0.2, -0.15) is 0 Å². The number of aliphatic hydroxyl groups excluding tert-OH is 1. The van der Waals surface area contributed by atoms with Crippen molar-refractivity contribution in [2.24, 2.45) is 7.05 Å². The van der Waals surface area contributed by atoms with E-state index in [0.29, 0.717) is 38.5 Å². The number of carbonyl (C=O) groups excluding carboxylic acids is 1. The number of halogens is 1. The number of likely N-dealkylation sites (N-methyl/N-ethyl adjacent to an activating group) is 1. The van der Waals surface area contributed by atoms with Crippen LogP contribution in [0.2, 0.25) is 0 Å². The summed E-state index contributed by atoms with van der Waals surface area (Å²) in [4.78, 5) is 17.0. The third-order valence-electron chi connectivity index (χ3n) is 4.86. The Balaban J connectivity index is 2.28. The van der Waals surface area contributed by atoms with Crippen molar-refractivity contribution in [2.75, 3.05) is 40.6 Å². The van der Waals surface area contributed by atoms with Crippen LogP contribution in [-0.4, -0.2) is 66.0 Å². The molecule has 27 heavy (non-hydrogen) atoms. The molecule has 1 aliphatic rings. The van der Waals surface area contributed by atoms with Crippen LogP contribution < -0.4 is 4.74 Å². The van der Waals surface area contributed by atoms with Crippen LogP contribution >= 0.6 is 15.9 Å². The third-order valence-corrected chi connectivity index (χ3v) is 5.44. The first-order valence-electron chi connectivity index (χ1n) is 8.99. The molecular formula is C19H26BrN3O4. The van der Waals surface area contributed by atoms with Gasteiger partial charge < -0.3 is 19.1 Å². The summed E-state index contributed by atoms with van der Waals surface area (Å²) in [7, 11) is 5.86. The lowest BCUT2D eigenvalue weighted by atomic mass is 10.0. The monoisotopic (exact) mass is 439 g/mol. The molecule has 0 spiro atoms. The molecule has 2 heterocycles. The summed E-state index contributed by atoms with van der Waals surface area (Å²) in [5.41, 5.74) is 3.40. The van der Waals surface area contributed by atoms with E-state index in [1.807, 2.05) is 43.6 Å². The van der Waals surface area contributed by atoms with Crippen LogP contribution in [0.3, 0.4) is 0 Å². The number of aromatic nitrogens is 1. The summed E-state index contributed by atoms with van der Waals surface area (Å²) >= 11 is 3.62. The molecule has 2 aromatic rings. The molecule has 0 saturated carbocycles. The average molecular weight is 440 g/mol. The van der Waals surface area contributed by atoms with Gasteiger partial charge in [0.1, 0.15) is 12.5 Å². The quantitative estimate of drug-likeness (QED) is 0.696. The highest BCUT2D eigenvalue weighted by atomic mass is 79.9. The zero-order chi connectivity index (χ0) is 19.7. The second-order valence-corrected chi connectivity index (χ2v) is 7.76. The number of nitrogens with zero attached hydrogens (tertiary/aromatic N) is 3. The standard InChI is InChI=1S/C19H26BrN3O4/c1-5-26-19(25)17-15(10-21(2)6-7-24)23(4)14-8-13(20)18-12(16(14)17)9-22(3)11-27-18/h8,24H,5-7,9-11H2,1-4H3. The smallest absolute Gasteiger partial charge is 0.340 e. The Bertz CT molecular complexity index is 865. The first-order chi connectivity index (χ1) is 12.9. The lowest BCUT2D eigenvalue weighted by Crippen LogP contribution is -2.28. The van der Waals surface area contributed by atoms with Crippen molar-refractivity contribution in [2.45, 2.75) is 20.0 Å². The number of esters is 1.